The molecule has 0 fully saturated rings. The average Bonchev–Trinajstić information content (AvgIpc) is 3.14. The SMILES string of the molecule is CSc1ccc2c(c1)CCN(CCCn1cnnn1)C2.O=C(O)C(F)(F)F. The van der Waals surface area contributed by atoms with E-state index in [1.54, 1.807) is 11.0 Å². The Bertz CT molecular complexity index is 740. The first-order valence-corrected chi connectivity index (χ1v) is 9.41. The Morgan fingerprint density at radius 3 is 2.63 bits per heavy atom. The minimum absolute atomic E-state index is 0.891. The third-order valence-electron chi connectivity index (χ3n) is 4.00. The van der Waals surface area contributed by atoms with Crippen LogP contribution in [0.15, 0.2) is 29.4 Å². The Morgan fingerprint density at radius 1 is 1.30 bits per heavy atom. The zero-order chi connectivity index (χ0) is 19.9. The Kier molecular flexibility index (Phi) is 7.60. The fraction of sp³-hybridized carbons (Fsp3) is 0.500. The van der Waals surface area contributed by atoms with E-state index in [9.17, 15) is 13.2 Å². The maximum absolute atomic E-state index is 10.6. The lowest BCUT2D eigenvalue weighted by Gasteiger charge is -2.29. The van der Waals surface area contributed by atoms with Crippen LogP contribution in [0.2, 0.25) is 0 Å². The molecule has 0 spiro atoms. The van der Waals surface area contributed by atoms with Crippen LogP contribution in [0.4, 0.5) is 13.2 Å². The summed E-state index contributed by atoms with van der Waals surface area (Å²) < 4.78 is 33.5. The number of aryl methyl sites for hydroxylation is 1. The number of rotatable bonds is 5. The summed E-state index contributed by atoms with van der Waals surface area (Å²) in [6.45, 7) is 4.21. The fourth-order valence-electron chi connectivity index (χ4n) is 2.64. The number of hydrogen-bond donors (Lipinski definition) is 1. The number of carboxylic acids is 1. The molecule has 0 amide bonds. The summed E-state index contributed by atoms with van der Waals surface area (Å²) >= 11 is 1.82. The van der Waals surface area contributed by atoms with Crippen molar-refractivity contribution in [3.05, 3.63) is 35.7 Å². The number of tetrazole rings is 1. The number of fused-ring (bicyclic) bond motifs is 1. The highest BCUT2D eigenvalue weighted by Crippen LogP contribution is 2.24. The molecule has 2 heterocycles. The number of hydrogen-bond acceptors (Lipinski definition) is 6. The summed E-state index contributed by atoms with van der Waals surface area (Å²) in [5, 5.41) is 18.3. The van der Waals surface area contributed by atoms with Crippen LogP contribution in [-0.4, -0.2) is 61.7 Å². The molecule has 3 rings (SSSR count). The van der Waals surface area contributed by atoms with E-state index in [0.29, 0.717) is 0 Å². The molecular formula is C16H20F3N5O2S. The molecule has 0 atom stereocenters. The summed E-state index contributed by atoms with van der Waals surface area (Å²) in [5.74, 6) is -2.76. The third kappa shape index (κ3) is 6.83. The highest BCUT2D eigenvalue weighted by atomic mass is 32.2. The lowest BCUT2D eigenvalue weighted by molar-refractivity contribution is -0.192. The molecule has 1 N–H and O–H groups in total. The molecule has 0 bridgehead atoms. The number of nitrogens with zero attached hydrogens (tertiary/aromatic N) is 5. The first-order valence-electron chi connectivity index (χ1n) is 8.18. The highest BCUT2D eigenvalue weighted by Gasteiger charge is 2.38. The van der Waals surface area contributed by atoms with Crippen LogP contribution in [0.3, 0.4) is 0 Å². The summed E-state index contributed by atoms with van der Waals surface area (Å²) in [7, 11) is 0. The van der Waals surface area contributed by atoms with Gasteiger partial charge in [-0.15, -0.1) is 16.9 Å². The van der Waals surface area contributed by atoms with Gasteiger partial charge in [0.2, 0.25) is 0 Å². The van der Waals surface area contributed by atoms with Crippen molar-refractivity contribution in [3.63, 3.8) is 0 Å². The van der Waals surface area contributed by atoms with Gasteiger partial charge in [0.1, 0.15) is 6.33 Å². The number of halogens is 3. The van der Waals surface area contributed by atoms with Crippen molar-refractivity contribution in [1.29, 1.82) is 0 Å². The number of carbonyl (C=O) groups is 1. The van der Waals surface area contributed by atoms with Crippen molar-refractivity contribution in [3.8, 4) is 0 Å². The highest BCUT2D eigenvalue weighted by molar-refractivity contribution is 7.98. The Balaban J connectivity index is 0.000000321. The number of aliphatic carboxylic acids is 1. The summed E-state index contributed by atoms with van der Waals surface area (Å²) in [6, 6.07) is 6.86. The van der Waals surface area contributed by atoms with Gasteiger partial charge in [-0.1, -0.05) is 6.07 Å². The van der Waals surface area contributed by atoms with E-state index in [1.807, 2.05) is 11.8 Å². The smallest absolute Gasteiger partial charge is 0.475 e. The van der Waals surface area contributed by atoms with Crippen LogP contribution >= 0.6 is 11.8 Å². The van der Waals surface area contributed by atoms with Gasteiger partial charge in [0, 0.05) is 31.1 Å². The third-order valence-corrected chi connectivity index (χ3v) is 4.73. The number of benzene rings is 1. The molecule has 11 heteroatoms. The van der Waals surface area contributed by atoms with E-state index in [-0.39, 0.29) is 0 Å². The molecule has 1 aromatic carbocycles. The van der Waals surface area contributed by atoms with Crippen molar-refractivity contribution in [2.75, 3.05) is 19.3 Å². The minimum atomic E-state index is -5.08. The second-order valence-corrected chi connectivity index (χ2v) is 6.77. The Morgan fingerprint density at radius 2 is 2.04 bits per heavy atom. The number of thioether (sulfide) groups is 1. The van der Waals surface area contributed by atoms with E-state index in [0.717, 1.165) is 39.0 Å². The van der Waals surface area contributed by atoms with Crippen LogP contribution in [0, 0.1) is 0 Å². The van der Waals surface area contributed by atoms with Gasteiger partial charge in [-0.05, 0) is 52.8 Å². The lowest BCUT2D eigenvalue weighted by Crippen LogP contribution is -2.31. The molecule has 1 aromatic heterocycles. The van der Waals surface area contributed by atoms with E-state index < -0.39 is 12.1 Å². The average molecular weight is 403 g/mol. The van der Waals surface area contributed by atoms with E-state index in [4.69, 9.17) is 9.90 Å². The van der Waals surface area contributed by atoms with Gasteiger partial charge in [-0.3, -0.25) is 4.90 Å². The van der Waals surface area contributed by atoms with Crippen LogP contribution < -0.4 is 0 Å². The van der Waals surface area contributed by atoms with E-state index >= 15 is 0 Å². The van der Waals surface area contributed by atoms with Gasteiger partial charge >= 0.3 is 12.1 Å². The normalized spacial score (nSPS) is 14.2. The zero-order valence-electron chi connectivity index (χ0n) is 14.7. The monoisotopic (exact) mass is 403 g/mol. The van der Waals surface area contributed by atoms with Crippen molar-refractivity contribution in [2.24, 2.45) is 0 Å². The van der Waals surface area contributed by atoms with E-state index in [1.165, 1.54) is 16.0 Å². The fourth-order valence-corrected chi connectivity index (χ4v) is 3.11. The van der Waals surface area contributed by atoms with Crippen molar-refractivity contribution in [2.45, 2.75) is 37.0 Å². The molecule has 148 valence electrons. The largest absolute Gasteiger partial charge is 0.490 e. The van der Waals surface area contributed by atoms with Crippen molar-refractivity contribution >= 4 is 17.7 Å². The molecule has 1 aliphatic heterocycles. The van der Waals surface area contributed by atoms with E-state index in [2.05, 4.69) is 44.9 Å². The molecule has 2 aromatic rings. The van der Waals surface area contributed by atoms with Gasteiger partial charge in [0.25, 0.3) is 0 Å². The predicted molar refractivity (Wildman–Crippen MR) is 93.3 cm³/mol. The Labute approximate surface area is 158 Å². The zero-order valence-corrected chi connectivity index (χ0v) is 15.5. The van der Waals surface area contributed by atoms with Gasteiger partial charge in [0.15, 0.2) is 0 Å². The Hall–Kier alpha value is -2.14. The van der Waals surface area contributed by atoms with Gasteiger partial charge in [-0.25, -0.2) is 9.48 Å². The van der Waals surface area contributed by atoms with Gasteiger partial charge in [-0.2, -0.15) is 13.2 Å². The van der Waals surface area contributed by atoms with Crippen molar-refractivity contribution in [1.82, 2.24) is 25.1 Å². The maximum Gasteiger partial charge on any atom is 0.490 e. The van der Waals surface area contributed by atoms with Crippen LogP contribution in [0.25, 0.3) is 0 Å². The second kappa shape index (κ2) is 9.70. The lowest BCUT2D eigenvalue weighted by atomic mass is 10.00. The summed E-state index contributed by atoms with van der Waals surface area (Å²) in [5.41, 5.74) is 3.00. The standard InChI is InChI=1S/C14H19N5S.C2HF3O2/c1-20-14-4-3-13-10-18(8-5-12(13)9-14)6-2-7-19-11-15-16-17-19;3-2(4,5)1(6)7/h3-4,9,11H,2,5-8,10H2,1H3;(H,6,7). The topological polar surface area (TPSA) is 84.1 Å². The van der Waals surface area contributed by atoms with Crippen LogP contribution in [0.1, 0.15) is 17.5 Å². The quantitative estimate of drug-likeness (QED) is 0.768. The second-order valence-electron chi connectivity index (χ2n) is 5.89. The molecule has 0 unspecified atom stereocenters. The molecule has 27 heavy (non-hydrogen) atoms. The summed E-state index contributed by atoms with van der Waals surface area (Å²) in [4.78, 5) is 12.8. The molecule has 0 saturated carbocycles. The summed E-state index contributed by atoms with van der Waals surface area (Å²) in [6.07, 6.45) is 0.975. The number of carboxylic acid groups (broad SMARTS) is 1. The molecule has 7 nitrogen and oxygen atoms in total. The van der Waals surface area contributed by atoms with Crippen LogP contribution in [0.5, 0.6) is 0 Å². The minimum Gasteiger partial charge on any atom is -0.475 e. The predicted octanol–water partition coefficient (Wildman–Crippen LogP) is 2.48. The molecule has 0 radical (unpaired) electrons. The van der Waals surface area contributed by atoms with Gasteiger partial charge < -0.3 is 5.11 Å². The van der Waals surface area contributed by atoms with Gasteiger partial charge in [0.05, 0.1) is 0 Å². The first-order chi connectivity index (χ1) is 12.8. The molecule has 1 aliphatic rings. The van der Waals surface area contributed by atoms with Crippen LogP contribution in [-0.2, 0) is 24.3 Å². The maximum atomic E-state index is 10.6. The first kappa shape index (κ1) is 21.2. The number of alkyl halides is 3. The van der Waals surface area contributed by atoms with Crippen molar-refractivity contribution < 1.29 is 23.1 Å². The molecular weight excluding hydrogens is 383 g/mol. The molecule has 0 aliphatic carbocycles. The number of aromatic nitrogens is 4. The molecule has 0 saturated heterocycles.